The molecule has 0 saturated heterocycles. The van der Waals surface area contributed by atoms with E-state index in [2.05, 4.69) is 25.6 Å². The number of rotatable bonds is 6. The molecule has 1 aromatic heterocycles. The average molecular weight is 464 g/mol. The summed E-state index contributed by atoms with van der Waals surface area (Å²) in [5, 5.41) is 11.2. The predicted molar refractivity (Wildman–Crippen MR) is 104 cm³/mol. The van der Waals surface area contributed by atoms with Gasteiger partial charge in [0.2, 0.25) is 0 Å². The van der Waals surface area contributed by atoms with Crippen molar-refractivity contribution >= 4 is 48.7 Å². The molecule has 3 rings (SSSR count). The first-order valence-electron chi connectivity index (χ1n) is 7.32. The van der Waals surface area contributed by atoms with Crippen LogP contribution in [0.15, 0.2) is 57.3 Å². The maximum Gasteiger partial charge on any atom is 0.263 e. The topological polar surface area (TPSA) is 109 Å². The molecule has 0 amide bonds. The quantitative estimate of drug-likeness (QED) is 0.548. The van der Waals surface area contributed by atoms with E-state index < -0.39 is 10.0 Å². The molecule has 0 unspecified atom stereocenters. The highest BCUT2D eigenvalue weighted by Gasteiger charge is 2.18. The normalized spacial score (nSPS) is 10.8. The third-order valence-electron chi connectivity index (χ3n) is 3.35. The minimum atomic E-state index is -3.90. The van der Waals surface area contributed by atoms with E-state index in [9.17, 15) is 18.5 Å². The molecule has 10 heteroatoms. The molecule has 1 N–H and O–H groups in total. The summed E-state index contributed by atoms with van der Waals surface area (Å²) in [6.07, 6.45) is 2.10. The molecule has 0 aliphatic heterocycles. The van der Waals surface area contributed by atoms with Crippen molar-refractivity contribution in [2.75, 3.05) is 4.72 Å². The summed E-state index contributed by atoms with van der Waals surface area (Å²) in [7, 11) is -3.90. The van der Waals surface area contributed by atoms with Crippen LogP contribution >= 0.6 is 27.3 Å². The third-order valence-corrected chi connectivity index (χ3v) is 6.00. The van der Waals surface area contributed by atoms with E-state index in [1.165, 1.54) is 24.4 Å². The zero-order valence-electron chi connectivity index (χ0n) is 13.4. The fourth-order valence-electron chi connectivity index (χ4n) is 2.12. The number of aromatic nitrogens is 1. The molecule has 27 heavy (non-hydrogen) atoms. The van der Waals surface area contributed by atoms with Crippen molar-refractivity contribution in [3.05, 3.63) is 63.6 Å². The van der Waals surface area contributed by atoms with Crippen LogP contribution in [0.25, 0.3) is 0 Å². The lowest BCUT2D eigenvalue weighted by Gasteiger charge is -2.11. The fourth-order valence-corrected chi connectivity index (χ4v) is 4.32. The number of carbonyl (C=O) groups is 1. The van der Waals surface area contributed by atoms with E-state index in [1.54, 1.807) is 23.6 Å². The number of benzene rings is 2. The number of carbonyl (C=O) groups excluding carboxylic acids is 1. The Bertz CT molecular complexity index is 1140. The second-order valence-corrected chi connectivity index (χ2v) is 8.61. The van der Waals surface area contributed by atoms with Gasteiger partial charge in [-0.05, 0) is 36.4 Å². The van der Waals surface area contributed by atoms with Crippen LogP contribution in [0.1, 0.15) is 15.9 Å². The molecule has 2 aromatic carbocycles. The Hall–Kier alpha value is -2.74. The number of halogens is 1. The number of nitrogens with zero attached hydrogens (tertiary/aromatic N) is 2. The Balaban J connectivity index is 1.94. The monoisotopic (exact) mass is 463 g/mol. The Kier molecular flexibility index (Phi) is 5.55. The third kappa shape index (κ3) is 4.33. The zero-order valence-corrected chi connectivity index (χ0v) is 16.6. The van der Waals surface area contributed by atoms with Gasteiger partial charge in [0, 0.05) is 16.0 Å². The van der Waals surface area contributed by atoms with Crippen LogP contribution in [0.5, 0.6) is 11.5 Å². The first kappa shape index (κ1) is 19.0. The summed E-state index contributed by atoms with van der Waals surface area (Å²) < 4.78 is 33.5. The summed E-state index contributed by atoms with van der Waals surface area (Å²) in [4.78, 5) is 15.0. The molecule has 0 aliphatic rings. The van der Waals surface area contributed by atoms with E-state index in [0.29, 0.717) is 10.8 Å². The van der Waals surface area contributed by atoms with Crippen LogP contribution in [-0.2, 0) is 10.0 Å². The fraction of sp³-hybridized carbons (Fsp3) is 0. The number of aldehydes is 1. The minimum absolute atomic E-state index is 0.0109. The molecule has 7 nitrogen and oxygen atoms in total. The van der Waals surface area contributed by atoms with Crippen molar-refractivity contribution in [2.24, 2.45) is 0 Å². The van der Waals surface area contributed by atoms with Gasteiger partial charge >= 0.3 is 0 Å². The molecule has 3 aromatic rings. The van der Waals surface area contributed by atoms with Gasteiger partial charge in [-0.2, -0.15) is 5.26 Å². The largest absolute Gasteiger partial charge is 0.455 e. The van der Waals surface area contributed by atoms with E-state index in [1.807, 2.05) is 6.07 Å². The number of nitriles is 1. The zero-order chi connectivity index (χ0) is 19.4. The summed E-state index contributed by atoms with van der Waals surface area (Å²) in [5.74, 6) is 0.386. The van der Waals surface area contributed by atoms with Crippen molar-refractivity contribution in [3.8, 4) is 17.6 Å². The van der Waals surface area contributed by atoms with Gasteiger partial charge in [0.25, 0.3) is 10.0 Å². The molecule has 0 fully saturated rings. The molecule has 0 saturated carbocycles. The molecule has 0 aliphatic carbocycles. The van der Waals surface area contributed by atoms with Gasteiger partial charge in [-0.25, -0.2) is 13.4 Å². The van der Waals surface area contributed by atoms with E-state index in [4.69, 9.17) is 4.74 Å². The maximum atomic E-state index is 12.4. The van der Waals surface area contributed by atoms with Crippen LogP contribution in [0.3, 0.4) is 0 Å². The molecule has 0 bridgehead atoms. The van der Waals surface area contributed by atoms with Crippen molar-refractivity contribution in [2.45, 2.75) is 4.90 Å². The number of thiazole rings is 1. The van der Waals surface area contributed by atoms with Crippen molar-refractivity contribution < 1.29 is 17.9 Å². The summed E-state index contributed by atoms with van der Waals surface area (Å²) in [6, 6.07) is 10.6. The first-order chi connectivity index (χ1) is 12.9. The maximum absolute atomic E-state index is 12.4. The number of hydrogen-bond acceptors (Lipinski definition) is 7. The molecule has 0 spiro atoms. The Labute approximate surface area is 167 Å². The highest BCUT2D eigenvalue weighted by molar-refractivity contribution is 9.10. The van der Waals surface area contributed by atoms with Crippen molar-refractivity contribution in [1.29, 1.82) is 5.26 Å². The van der Waals surface area contributed by atoms with Crippen LogP contribution in [0.2, 0.25) is 0 Å². The number of nitrogens with one attached hydrogen (secondary N) is 1. The molecule has 1 heterocycles. The number of sulfonamides is 1. The van der Waals surface area contributed by atoms with Gasteiger partial charge in [0.1, 0.15) is 17.6 Å². The lowest BCUT2D eigenvalue weighted by atomic mass is 10.2. The van der Waals surface area contributed by atoms with Crippen LogP contribution in [0.4, 0.5) is 5.13 Å². The highest BCUT2D eigenvalue weighted by Crippen LogP contribution is 2.31. The predicted octanol–water partition coefficient (Wildman–Crippen LogP) is 4.18. The second kappa shape index (κ2) is 7.87. The van der Waals surface area contributed by atoms with Gasteiger partial charge in [0.15, 0.2) is 11.4 Å². The standard InChI is InChI=1S/C17H10BrN3O4S2/c18-13-1-3-16(12(7-13)10-22)25-15-4-2-14(8-11(15)9-19)27(23,24)21-17-20-5-6-26-17/h1-8,10H,(H,20,21). The summed E-state index contributed by atoms with van der Waals surface area (Å²) >= 11 is 4.40. The Morgan fingerprint density at radius 1 is 1.22 bits per heavy atom. The lowest BCUT2D eigenvalue weighted by molar-refractivity contribution is 0.112. The lowest BCUT2D eigenvalue weighted by Crippen LogP contribution is -2.13. The second-order valence-electron chi connectivity index (χ2n) is 5.11. The SMILES string of the molecule is N#Cc1cc(S(=O)(=O)Nc2nccs2)ccc1Oc1ccc(Br)cc1C=O. The first-order valence-corrected chi connectivity index (χ1v) is 10.5. The van der Waals surface area contributed by atoms with Gasteiger partial charge < -0.3 is 4.74 Å². The van der Waals surface area contributed by atoms with Crippen LogP contribution in [0, 0.1) is 11.3 Å². The minimum Gasteiger partial charge on any atom is -0.455 e. The molecular formula is C17H10BrN3O4S2. The van der Waals surface area contributed by atoms with Crippen LogP contribution < -0.4 is 9.46 Å². The number of anilines is 1. The van der Waals surface area contributed by atoms with E-state index in [0.717, 1.165) is 11.3 Å². The molecule has 0 radical (unpaired) electrons. The smallest absolute Gasteiger partial charge is 0.263 e. The summed E-state index contributed by atoms with van der Waals surface area (Å²) in [5.41, 5.74) is 0.298. The van der Waals surface area contributed by atoms with Crippen LogP contribution in [-0.4, -0.2) is 19.7 Å². The number of ether oxygens (including phenoxy) is 1. The van der Waals surface area contributed by atoms with Gasteiger partial charge in [-0.15, -0.1) is 11.3 Å². The van der Waals surface area contributed by atoms with E-state index >= 15 is 0 Å². The highest BCUT2D eigenvalue weighted by atomic mass is 79.9. The summed E-state index contributed by atoms with van der Waals surface area (Å²) in [6.45, 7) is 0. The average Bonchev–Trinajstić information content (AvgIpc) is 3.15. The number of hydrogen-bond donors (Lipinski definition) is 1. The Morgan fingerprint density at radius 3 is 2.67 bits per heavy atom. The van der Waals surface area contributed by atoms with Gasteiger partial charge in [-0.3, -0.25) is 9.52 Å². The van der Waals surface area contributed by atoms with Crippen molar-refractivity contribution in [1.82, 2.24) is 4.98 Å². The molecular weight excluding hydrogens is 454 g/mol. The van der Waals surface area contributed by atoms with Gasteiger partial charge in [-0.1, -0.05) is 15.9 Å². The van der Waals surface area contributed by atoms with Gasteiger partial charge in [0.05, 0.1) is 16.0 Å². The molecule has 0 atom stereocenters. The van der Waals surface area contributed by atoms with Crippen molar-refractivity contribution in [3.63, 3.8) is 0 Å². The molecule has 136 valence electrons. The van der Waals surface area contributed by atoms with E-state index in [-0.39, 0.29) is 32.7 Å². The Morgan fingerprint density at radius 2 is 2.00 bits per heavy atom.